The Hall–Kier alpha value is -1.88. The zero-order chi connectivity index (χ0) is 15.1. The van der Waals surface area contributed by atoms with E-state index < -0.39 is 18.1 Å². The monoisotopic (exact) mass is 278 g/mol. The fourth-order valence-corrected chi connectivity index (χ4v) is 1.59. The molecule has 2 atom stereocenters. The van der Waals surface area contributed by atoms with Gasteiger partial charge in [-0.3, -0.25) is 9.59 Å². The maximum Gasteiger partial charge on any atom is 0.251 e. The van der Waals surface area contributed by atoms with Gasteiger partial charge in [0.05, 0.1) is 6.04 Å². The van der Waals surface area contributed by atoms with Gasteiger partial charge in [0, 0.05) is 12.1 Å². The largest absolute Gasteiger partial charge is 0.381 e. The van der Waals surface area contributed by atoms with Crippen LogP contribution in [0.5, 0.6) is 0 Å². The van der Waals surface area contributed by atoms with Gasteiger partial charge in [0.15, 0.2) is 6.10 Å². The van der Waals surface area contributed by atoms with E-state index >= 15 is 0 Å². The first-order valence-corrected chi connectivity index (χ1v) is 6.73. The van der Waals surface area contributed by atoms with E-state index in [9.17, 15) is 14.7 Å². The summed E-state index contributed by atoms with van der Waals surface area (Å²) in [5.41, 5.74) is 0.495. The SMILES string of the molecule is CC(C)CNC(=O)C(O)C(C)NC(=O)c1ccccc1. The molecule has 5 heteroatoms. The van der Waals surface area contributed by atoms with Crippen LogP contribution in [0.15, 0.2) is 30.3 Å². The molecule has 0 aliphatic carbocycles. The minimum atomic E-state index is -1.26. The minimum absolute atomic E-state index is 0.306. The standard InChI is InChI=1S/C15H22N2O3/c1-10(2)9-16-15(20)13(18)11(3)17-14(19)12-7-5-4-6-8-12/h4-8,10-11,13,18H,9H2,1-3H3,(H,16,20)(H,17,19). The van der Waals surface area contributed by atoms with Crippen LogP contribution in [-0.2, 0) is 4.79 Å². The molecule has 2 amide bonds. The second-order valence-corrected chi connectivity index (χ2v) is 5.21. The smallest absolute Gasteiger partial charge is 0.251 e. The zero-order valence-electron chi connectivity index (χ0n) is 12.1. The van der Waals surface area contributed by atoms with Gasteiger partial charge in [-0.1, -0.05) is 32.0 Å². The number of rotatable bonds is 6. The van der Waals surface area contributed by atoms with Crippen LogP contribution in [0, 0.1) is 5.92 Å². The fraction of sp³-hybridized carbons (Fsp3) is 0.467. The number of carbonyl (C=O) groups is 2. The number of hydrogen-bond acceptors (Lipinski definition) is 3. The van der Waals surface area contributed by atoms with Gasteiger partial charge in [-0.05, 0) is 25.0 Å². The van der Waals surface area contributed by atoms with Gasteiger partial charge in [0.1, 0.15) is 0 Å². The second-order valence-electron chi connectivity index (χ2n) is 5.21. The highest BCUT2D eigenvalue weighted by Gasteiger charge is 2.24. The summed E-state index contributed by atoms with van der Waals surface area (Å²) in [6, 6.07) is 8.01. The van der Waals surface area contributed by atoms with E-state index in [1.165, 1.54) is 0 Å². The van der Waals surface area contributed by atoms with Gasteiger partial charge in [-0.25, -0.2) is 0 Å². The third kappa shape index (κ3) is 5.01. The maximum atomic E-state index is 11.9. The van der Waals surface area contributed by atoms with Gasteiger partial charge in [-0.15, -0.1) is 0 Å². The summed E-state index contributed by atoms with van der Waals surface area (Å²) in [5.74, 6) is -0.478. The molecule has 0 heterocycles. The molecule has 0 aliphatic heterocycles. The lowest BCUT2D eigenvalue weighted by Crippen LogP contribution is -2.49. The zero-order valence-corrected chi connectivity index (χ0v) is 12.1. The van der Waals surface area contributed by atoms with Gasteiger partial charge < -0.3 is 15.7 Å². The molecule has 0 radical (unpaired) electrons. The third-order valence-corrected chi connectivity index (χ3v) is 2.82. The van der Waals surface area contributed by atoms with Crippen LogP contribution in [0.25, 0.3) is 0 Å². The van der Waals surface area contributed by atoms with Gasteiger partial charge in [0.25, 0.3) is 11.8 Å². The van der Waals surface area contributed by atoms with Crippen molar-refractivity contribution in [3.8, 4) is 0 Å². The highest BCUT2D eigenvalue weighted by atomic mass is 16.3. The molecular weight excluding hydrogens is 256 g/mol. The van der Waals surface area contributed by atoms with Crippen molar-refractivity contribution in [2.24, 2.45) is 5.92 Å². The second kappa shape index (κ2) is 7.65. The Morgan fingerprint density at radius 2 is 1.75 bits per heavy atom. The maximum absolute atomic E-state index is 11.9. The number of benzene rings is 1. The van der Waals surface area contributed by atoms with Crippen molar-refractivity contribution < 1.29 is 14.7 Å². The Balaban J connectivity index is 2.51. The van der Waals surface area contributed by atoms with Crippen LogP contribution in [0.2, 0.25) is 0 Å². The molecule has 5 nitrogen and oxygen atoms in total. The van der Waals surface area contributed by atoms with Crippen LogP contribution >= 0.6 is 0 Å². The topological polar surface area (TPSA) is 78.4 Å². The molecule has 0 aromatic heterocycles. The van der Waals surface area contributed by atoms with Crippen LogP contribution in [0.3, 0.4) is 0 Å². The Bertz CT molecular complexity index is 446. The normalized spacial score (nSPS) is 13.7. The van der Waals surface area contributed by atoms with Crippen LogP contribution in [-0.4, -0.2) is 35.6 Å². The molecule has 3 N–H and O–H groups in total. The Kier molecular flexibility index (Phi) is 6.18. The summed E-state index contributed by atoms with van der Waals surface area (Å²) >= 11 is 0. The minimum Gasteiger partial charge on any atom is -0.381 e. The number of aliphatic hydroxyl groups excluding tert-OH is 1. The molecule has 1 aromatic carbocycles. The molecular formula is C15H22N2O3. The van der Waals surface area contributed by atoms with Crippen molar-refractivity contribution in [1.29, 1.82) is 0 Å². The molecule has 1 rings (SSSR count). The summed E-state index contributed by atoms with van der Waals surface area (Å²) in [4.78, 5) is 23.6. The summed E-state index contributed by atoms with van der Waals surface area (Å²) in [6.07, 6.45) is -1.26. The van der Waals surface area contributed by atoms with Crippen molar-refractivity contribution in [3.63, 3.8) is 0 Å². The first-order valence-electron chi connectivity index (χ1n) is 6.73. The lowest BCUT2D eigenvalue weighted by molar-refractivity contribution is -0.130. The molecule has 20 heavy (non-hydrogen) atoms. The summed E-state index contributed by atoms with van der Waals surface area (Å²) in [6.45, 7) is 6.02. The molecule has 0 spiro atoms. The summed E-state index contributed by atoms with van der Waals surface area (Å²) in [7, 11) is 0. The molecule has 1 aromatic rings. The lowest BCUT2D eigenvalue weighted by atomic mass is 10.1. The molecule has 110 valence electrons. The molecule has 0 bridgehead atoms. The first-order chi connectivity index (χ1) is 9.41. The van der Waals surface area contributed by atoms with Crippen LogP contribution in [0.4, 0.5) is 0 Å². The number of amides is 2. The van der Waals surface area contributed by atoms with Gasteiger partial charge in [0.2, 0.25) is 0 Å². The van der Waals surface area contributed by atoms with E-state index in [-0.39, 0.29) is 5.91 Å². The van der Waals surface area contributed by atoms with Crippen molar-refractivity contribution >= 4 is 11.8 Å². The molecule has 0 saturated heterocycles. The third-order valence-electron chi connectivity index (χ3n) is 2.82. The van der Waals surface area contributed by atoms with Crippen molar-refractivity contribution in [3.05, 3.63) is 35.9 Å². The Morgan fingerprint density at radius 3 is 2.30 bits per heavy atom. The average Bonchev–Trinajstić information content (AvgIpc) is 2.44. The number of nitrogens with one attached hydrogen (secondary N) is 2. The summed E-state index contributed by atoms with van der Waals surface area (Å²) < 4.78 is 0. The van der Waals surface area contributed by atoms with E-state index in [4.69, 9.17) is 0 Å². The van der Waals surface area contributed by atoms with Crippen LogP contribution in [0.1, 0.15) is 31.1 Å². The van der Waals surface area contributed by atoms with E-state index in [0.29, 0.717) is 18.0 Å². The average molecular weight is 278 g/mol. The molecule has 0 saturated carbocycles. The summed E-state index contributed by atoms with van der Waals surface area (Å²) in [5, 5.41) is 15.1. The number of carbonyl (C=O) groups excluding carboxylic acids is 2. The van der Waals surface area contributed by atoms with Crippen molar-refractivity contribution in [1.82, 2.24) is 10.6 Å². The highest BCUT2D eigenvalue weighted by molar-refractivity contribution is 5.94. The molecule has 0 aliphatic rings. The van der Waals surface area contributed by atoms with Gasteiger partial charge in [-0.2, -0.15) is 0 Å². The van der Waals surface area contributed by atoms with E-state index in [1.807, 2.05) is 19.9 Å². The number of aliphatic hydroxyl groups is 1. The molecule has 2 unspecified atom stereocenters. The van der Waals surface area contributed by atoms with E-state index in [1.54, 1.807) is 31.2 Å². The van der Waals surface area contributed by atoms with Crippen LogP contribution < -0.4 is 10.6 Å². The lowest BCUT2D eigenvalue weighted by Gasteiger charge is -2.20. The van der Waals surface area contributed by atoms with Crippen molar-refractivity contribution in [2.45, 2.75) is 32.9 Å². The van der Waals surface area contributed by atoms with E-state index in [2.05, 4.69) is 10.6 Å². The Labute approximate surface area is 119 Å². The highest BCUT2D eigenvalue weighted by Crippen LogP contribution is 2.01. The first kappa shape index (κ1) is 16.2. The predicted octanol–water partition coefficient (Wildman–Crippen LogP) is 0.938. The Morgan fingerprint density at radius 1 is 1.15 bits per heavy atom. The predicted molar refractivity (Wildman–Crippen MR) is 77.2 cm³/mol. The van der Waals surface area contributed by atoms with Gasteiger partial charge >= 0.3 is 0 Å². The quantitative estimate of drug-likeness (QED) is 0.724. The van der Waals surface area contributed by atoms with Crippen molar-refractivity contribution in [2.75, 3.05) is 6.54 Å². The fourth-order valence-electron chi connectivity index (χ4n) is 1.59. The number of hydrogen-bond donors (Lipinski definition) is 3. The molecule has 0 fully saturated rings. The van der Waals surface area contributed by atoms with E-state index in [0.717, 1.165) is 0 Å².